The third kappa shape index (κ3) is 4.94. The van der Waals surface area contributed by atoms with Gasteiger partial charge >= 0.3 is 0 Å². The number of nitrogens with zero attached hydrogens (tertiary/aromatic N) is 3. The number of aryl methyl sites for hydroxylation is 2. The standard InChI is InChI=1S/C20H25N3O3/c1-15-5-11-19(22-21-15)26-18-4-3-13-23(14-18)20(24)12-8-16-6-9-17(25-2)10-7-16/h5-7,9-11,18H,3-4,8,12-14H2,1-2H3. The van der Waals surface area contributed by atoms with Crippen LogP contribution in [0.5, 0.6) is 11.6 Å². The van der Waals surface area contributed by atoms with Crippen molar-refractivity contribution in [1.29, 1.82) is 0 Å². The van der Waals surface area contributed by atoms with Crippen LogP contribution in [0, 0.1) is 6.92 Å². The Labute approximate surface area is 154 Å². The first kappa shape index (κ1) is 18.2. The lowest BCUT2D eigenvalue weighted by Crippen LogP contribution is -2.44. The molecule has 1 aliphatic rings. The topological polar surface area (TPSA) is 64.5 Å². The summed E-state index contributed by atoms with van der Waals surface area (Å²) in [5.41, 5.74) is 2.00. The van der Waals surface area contributed by atoms with E-state index in [1.165, 1.54) is 0 Å². The van der Waals surface area contributed by atoms with Gasteiger partial charge in [0.1, 0.15) is 11.9 Å². The van der Waals surface area contributed by atoms with Crippen molar-refractivity contribution in [2.24, 2.45) is 0 Å². The van der Waals surface area contributed by atoms with Crippen LogP contribution in [-0.2, 0) is 11.2 Å². The third-order valence-corrected chi connectivity index (χ3v) is 4.58. The number of benzene rings is 1. The normalized spacial score (nSPS) is 17.0. The smallest absolute Gasteiger partial charge is 0.233 e. The second-order valence-corrected chi connectivity index (χ2v) is 6.58. The predicted octanol–water partition coefficient (Wildman–Crippen LogP) is 2.80. The van der Waals surface area contributed by atoms with E-state index in [0.29, 0.717) is 18.8 Å². The highest BCUT2D eigenvalue weighted by Crippen LogP contribution is 2.18. The van der Waals surface area contributed by atoms with Crippen molar-refractivity contribution in [3.05, 3.63) is 47.7 Å². The SMILES string of the molecule is COc1ccc(CCC(=O)N2CCCC(Oc3ccc(C)nn3)C2)cc1. The molecule has 1 unspecified atom stereocenters. The molecule has 26 heavy (non-hydrogen) atoms. The van der Waals surface area contributed by atoms with E-state index >= 15 is 0 Å². The van der Waals surface area contributed by atoms with E-state index in [1.54, 1.807) is 7.11 Å². The van der Waals surface area contributed by atoms with Gasteiger partial charge in [0.15, 0.2) is 0 Å². The molecule has 1 saturated heterocycles. The van der Waals surface area contributed by atoms with E-state index in [0.717, 1.165) is 42.8 Å². The first-order valence-corrected chi connectivity index (χ1v) is 9.02. The van der Waals surface area contributed by atoms with Crippen molar-refractivity contribution < 1.29 is 14.3 Å². The maximum atomic E-state index is 12.6. The molecule has 1 aromatic carbocycles. The molecule has 1 aromatic heterocycles. The van der Waals surface area contributed by atoms with Crippen LogP contribution in [-0.4, -0.2) is 47.3 Å². The van der Waals surface area contributed by atoms with Crippen LogP contribution >= 0.6 is 0 Å². The summed E-state index contributed by atoms with van der Waals surface area (Å²) in [6.45, 7) is 3.29. The molecule has 1 atom stereocenters. The molecule has 0 aliphatic carbocycles. The molecule has 1 fully saturated rings. The Bertz CT molecular complexity index is 716. The van der Waals surface area contributed by atoms with Crippen LogP contribution < -0.4 is 9.47 Å². The van der Waals surface area contributed by atoms with Crippen molar-refractivity contribution >= 4 is 5.91 Å². The van der Waals surface area contributed by atoms with Crippen LogP contribution in [0.15, 0.2) is 36.4 Å². The van der Waals surface area contributed by atoms with Gasteiger partial charge in [-0.1, -0.05) is 12.1 Å². The molecule has 1 aliphatic heterocycles. The van der Waals surface area contributed by atoms with E-state index in [-0.39, 0.29) is 12.0 Å². The van der Waals surface area contributed by atoms with Gasteiger partial charge in [-0.2, -0.15) is 5.10 Å². The average molecular weight is 355 g/mol. The number of rotatable bonds is 6. The summed E-state index contributed by atoms with van der Waals surface area (Å²) in [5, 5.41) is 8.06. The summed E-state index contributed by atoms with van der Waals surface area (Å²) in [4.78, 5) is 14.5. The zero-order chi connectivity index (χ0) is 18.4. The fraction of sp³-hybridized carbons (Fsp3) is 0.450. The first-order valence-electron chi connectivity index (χ1n) is 9.02. The van der Waals surface area contributed by atoms with Gasteiger partial charge in [0.25, 0.3) is 0 Å². The fourth-order valence-electron chi connectivity index (χ4n) is 3.08. The molecule has 2 aromatic rings. The summed E-state index contributed by atoms with van der Waals surface area (Å²) in [5.74, 6) is 1.52. The Morgan fingerprint density at radius 2 is 2.00 bits per heavy atom. The average Bonchev–Trinajstić information content (AvgIpc) is 2.68. The third-order valence-electron chi connectivity index (χ3n) is 4.58. The van der Waals surface area contributed by atoms with Crippen LogP contribution in [0.25, 0.3) is 0 Å². The lowest BCUT2D eigenvalue weighted by molar-refractivity contribution is -0.133. The molecule has 0 bridgehead atoms. The summed E-state index contributed by atoms with van der Waals surface area (Å²) < 4.78 is 11.1. The Kier molecular flexibility index (Phi) is 6.04. The highest BCUT2D eigenvalue weighted by atomic mass is 16.5. The molecule has 3 rings (SSSR count). The summed E-state index contributed by atoms with van der Waals surface area (Å²) >= 11 is 0. The molecule has 0 N–H and O–H groups in total. The Morgan fingerprint density at radius 3 is 2.69 bits per heavy atom. The van der Waals surface area contributed by atoms with Crippen LogP contribution in [0.4, 0.5) is 0 Å². The lowest BCUT2D eigenvalue weighted by atomic mass is 10.1. The van der Waals surface area contributed by atoms with E-state index in [4.69, 9.17) is 9.47 Å². The molecular weight excluding hydrogens is 330 g/mol. The van der Waals surface area contributed by atoms with Gasteiger partial charge < -0.3 is 14.4 Å². The lowest BCUT2D eigenvalue weighted by Gasteiger charge is -2.32. The number of carbonyl (C=O) groups is 1. The number of likely N-dealkylation sites (tertiary alicyclic amines) is 1. The fourth-order valence-corrected chi connectivity index (χ4v) is 3.08. The van der Waals surface area contributed by atoms with Crippen LogP contribution in [0.2, 0.25) is 0 Å². The molecular formula is C20H25N3O3. The second-order valence-electron chi connectivity index (χ2n) is 6.58. The van der Waals surface area contributed by atoms with Crippen molar-refractivity contribution in [2.45, 2.75) is 38.7 Å². The zero-order valence-corrected chi connectivity index (χ0v) is 15.4. The largest absolute Gasteiger partial charge is 0.497 e. The summed E-state index contributed by atoms with van der Waals surface area (Å²) in [7, 11) is 1.65. The van der Waals surface area contributed by atoms with E-state index < -0.39 is 0 Å². The zero-order valence-electron chi connectivity index (χ0n) is 15.4. The van der Waals surface area contributed by atoms with Gasteiger partial charge in [0.2, 0.25) is 11.8 Å². The minimum absolute atomic E-state index is 0.0225. The molecule has 138 valence electrons. The van der Waals surface area contributed by atoms with Crippen LogP contribution in [0.3, 0.4) is 0 Å². The van der Waals surface area contributed by atoms with Gasteiger partial charge in [-0.3, -0.25) is 4.79 Å². The summed E-state index contributed by atoms with van der Waals surface area (Å²) in [6, 6.07) is 11.6. The Hall–Kier alpha value is -2.63. The van der Waals surface area contributed by atoms with Gasteiger partial charge in [0, 0.05) is 19.0 Å². The van der Waals surface area contributed by atoms with Crippen molar-refractivity contribution in [3.8, 4) is 11.6 Å². The van der Waals surface area contributed by atoms with Crippen molar-refractivity contribution in [3.63, 3.8) is 0 Å². The maximum absolute atomic E-state index is 12.6. The number of ether oxygens (including phenoxy) is 2. The minimum Gasteiger partial charge on any atom is -0.497 e. The van der Waals surface area contributed by atoms with Crippen molar-refractivity contribution in [1.82, 2.24) is 15.1 Å². The maximum Gasteiger partial charge on any atom is 0.233 e. The number of methoxy groups -OCH3 is 1. The molecule has 0 radical (unpaired) electrons. The number of hydrogen-bond acceptors (Lipinski definition) is 5. The highest BCUT2D eigenvalue weighted by molar-refractivity contribution is 5.76. The molecule has 2 heterocycles. The van der Waals surface area contributed by atoms with Crippen LogP contribution in [0.1, 0.15) is 30.5 Å². The number of amides is 1. The molecule has 0 saturated carbocycles. The van der Waals surface area contributed by atoms with Crippen molar-refractivity contribution in [2.75, 3.05) is 20.2 Å². The summed E-state index contributed by atoms with van der Waals surface area (Å²) in [6.07, 6.45) is 3.08. The molecule has 0 spiro atoms. The molecule has 6 heteroatoms. The predicted molar refractivity (Wildman–Crippen MR) is 98.3 cm³/mol. The molecule has 1 amide bonds. The Balaban J connectivity index is 1.49. The van der Waals surface area contributed by atoms with Gasteiger partial charge in [-0.25, -0.2) is 0 Å². The quantitative estimate of drug-likeness (QED) is 0.797. The number of piperidine rings is 1. The monoisotopic (exact) mass is 355 g/mol. The van der Waals surface area contributed by atoms with E-state index in [1.807, 2.05) is 48.2 Å². The van der Waals surface area contributed by atoms with E-state index in [2.05, 4.69) is 10.2 Å². The van der Waals surface area contributed by atoms with Gasteiger partial charge in [0.05, 0.1) is 19.3 Å². The number of aromatic nitrogens is 2. The first-order chi connectivity index (χ1) is 12.6. The van der Waals surface area contributed by atoms with E-state index in [9.17, 15) is 4.79 Å². The highest BCUT2D eigenvalue weighted by Gasteiger charge is 2.25. The van der Waals surface area contributed by atoms with Gasteiger partial charge in [-0.05, 0) is 49.9 Å². The second kappa shape index (κ2) is 8.65. The number of carbonyl (C=O) groups excluding carboxylic acids is 1. The Morgan fingerprint density at radius 1 is 1.19 bits per heavy atom. The van der Waals surface area contributed by atoms with Gasteiger partial charge in [-0.15, -0.1) is 5.10 Å². The minimum atomic E-state index is -0.0225. The number of hydrogen-bond donors (Lipinski definition) is 0. The molecule has 6 nitrogen and oxygen atoms in total.